The lowest BCUT2D eigenvalue weighted by Gasteiger charge is -2.25. The van der Waals surface area contributed by atoms with E-state index >= 15 is 0 Å². The summed E-state index contributed by atoms with van der Waals surface area (Å²) in [5.74, 6) is 0.319. The molecule has 0 aromatic heterocycles. The maximum atomic E-state index is 12.3. The first-order valence-electron chi connectivity index (χ1n) is 6.85. The fourth-order valence-corrected chi connectivity index (χ4v) is 3.09. The second kappa shape index (κ2) is 5.25. The summed E-state index contributed by atoms with van der Waals surface area (Å²) < 4.78 is 6.38. The van der Waals surface area contributed by atoms with Crippen LogP contribution in [0.25, 0.3) is 0 Å². The highest BCUT2D eigenvalue weighted by Gasteiger charge is 2.46. The van der Waals surface area contributed by atoms with Crippen molar-refractivity contribution in [1.82, 2.24) is 5.32 Å². The Bertz CT molecular complexity index is 479. The van der Waals surface area contributed by atoms with E-state index in [4.69, 9.17) is 4.74 Å². The van der Waals surface area contributed by atoms with Crippen molar-refractivity contribution in [2.45, 2.75) is 31.2 Å². The fourth-order valence-electron chi connectivity index (χ4n) is 2.69. The lowest BCUT2D eigenvalue weighted by Crippen LogP contribution is -2.40. The SMILES string of the molecule is O=C(NC1(c2cccc(Br)c2)CC1)C1CCOCC1. The predicted molar refractivity (Wildman–Crippen MR) is 76.7 cm³/mol. The molecule has 3 rings (SSSR count). The lowest BCUT2D eigenvalue weighted by atomic mass is 9.97. The number of carbonyl (C=O) groups is 1. The maximum absolute atomic E-state index is 12.3. The summed E-state index contributed by atoms with van der Waals surface area (Å²) in [6, 6.07) is 8.25. The highest BCUT2D eigenvalue weighted by atomic mass is 79.9. The number of hydrogen-bond acceptors (Lipinski definition) is 2. The Hall–Kier alpha value is -0.870. The van der Waals surface area contributed by atoms with Gasteiger partial charge in [0.2, 0.25) is 5.91 Å². The van der Waals surface area contributed by atoms with Crippen molar-refractivity contribution in [2.75, 3.05) is 13.2 Å². The zero-order chi connectivity index (χ0) is 13.3. The maximum Gasteiger partial charge on any atom is 0.223 e. The molecule has 1 saturated carbocycles. The van der Waals surface area contributed by atoms with Crippen LogP contribution in [0.5, 0.6) is 0 Å². The summed E-state index contributed by atoms with van der Waals surface area (Å²) in [4.78, 5) is 12.3. The molecule has 19 heavy (non-hydrogen) atoms. The van der Waals surface area contributed by atoms with Crippen LogP contribution >= 0.6 is 15.9 Å². The Morgan fingerprint density at radius 3 is 2.68 bits per heavy atom. The number of nitrogens with one attached hydrogen (secondary N) is 1. The minimum Gasteiger partial charge on any atom is -0.381 e. The number of halogens is 1. The van der Waals surface area contributed by atoms with Gasteiger partial charge in [-0.15, -0.1) is 0 Å². The van der Waals surface area contributed by atoms with Crippen molar-refractivity contribution >= 4 is 21.8 Å². The monoisotopic (exact) mass is 323 g/mol. The molecule has 2 fully saturated rings. The summed E-state index contributed by atoms with van der Waals surface area (Å²) in [5.41, 5.74) is 1.10. The Morgan fingerprint density at radius 2 is 2.05 bits per heavy atom. The second-order valence-corrected chi connectivity index (χ2v) is 6.38. The third-order valence-corrected chi connectivity index (χ3v) is 4.58. The van der Waals surface area contributed by atoms with Crippen LogP contribution in [0.1, 0.15) is 31.2 Å². The average Bonchev–Trinajstić information content (AvgIpc) is 3.21. The van der Waals surface area contributed by atoms with Gasteiger partial charge in [0.1, 0.15) is 0 Å². The van der Waals surface area contributed by atoms with Gasteiger partial charge in [-0.3, -0.25) is 4.79 Å². The number of hydrogen-bond donors (Lipinski definition) is 1. The summed E-state index contributed by atoms with van der Waals surface area (Å²) in [7, 11) is 0. The normalized spacial score (nSPS) is 21.9. The molecule has 102 valence electrons. The first-order chi connectivity index (χ1) is 9.20. The Labute approximate surface area is 121 Å². The van der Waals surface area contributed by atoms with Crippen LogP contribution in [-0.4, -0.2) is 19.1 Å². The van der Waals surface area contributed by atoms with E-state index in [2.05, 4.69) is 33.4 Å². The standard InChI is InChI=1S/C15H18BrNO2/c16-13-3-1-2-12(10-13)15(6-7-15)17-14(18)11-4-8-19-9-5-11/h1-3,10-11H,4-9H2,(H,17,18). The van der Waals surface area contributed by atoms with Crippen molar-refractivity contribution in [3.63, 3.8) is 0 Å². The van der Waals surface area contributed by atoms with Gasteiger partial charge in [0.15, 0.2) is 0 Å². The third-order valence-electron chi connectivity index (χ3n) is 4.08. The summed E-state index contributed by atoms with van der Waals surface area (Å²) in [6.45, 7) is 1.42. The first-order valence-corrected chi connectivity index (χ1v) is 7.65. The molecule has 0 atom stereocenters. The van der Waals surface area contributed by atoms with E-state index in [0.717, 1.165) is 30.2 Å². The van der Waals surface area contributed by atoms with Crippen LogP contribution in [0.2, 0.25) is 0 Å². The molecule has 4 heteroatoms. The zero-order valence-corrected chi connectivity index (χ0v) is 12.4. The highest BCUT2D eigenvalue weighted by molar-refractivity contribution is 9.10. The zero-order valence-electron chi connectivity index (χ0n) is 10.8. The van der Waals surface area contributed by atoms with Gasteiger partial charge in [-0.1, -0.05) is 28.1 Å². The van der Waals surface area contributed by atoms with Gasteiger partial charge in [0.05, 0.1) is 5.54 Å². The van der Waals surface area contributed by atoms with Crippen LogP contribution in [0.4, 0.5) is 0 Å². The smallest absolute Gasteiger partial charge is 0.223 e. The van der Waals surface area contributed by atoms with Gasteiger partial charge in [0, 0.05) is 23.6 Å². The largest absolute Gasteiger partial charge is 0.381 e. The first kappa shape index (κ1) is 13.1. The predicted octanol–water partition coefficient (Wildman–Crippen LogP) is 2.98. The van der Waals surface area contributed by atoms with Gasteiger partial charge >= 0.3 is 0 Å². The Morgan fingerprint density at radius 1 is 1.32 bits per heavy atom. The number of carbonyl (C=O) groups excluding carboxylic acids is 1. The van der Waals surface area contributed by atoms with Crippen molar-refractivity contribution < 1.29 is 9.53 Å². The number of amides is 1. The molecule has 1 N–H and O–H groups in total. The van der Waals surface area contributed by atoms with E-state index in [1.807, 2.05) is 12.1 Å². The molecule has 1 saturated heterocycles. The molecular formula is C15H18BrNO2. The molecule has 2 aliphatic rings. The van der Waals surface area contributed by atoms with Crippen LogP contribution < -0.4 is 5.32 Å². The molecule has 1 aliphatic heterocycles. The van der Waals surface area contributed by atoms with Crippen LogP contribution in [0, 0.1) is 5.92 Å². The topological polar surface area (TPSA) is 38.3 Å². The van der Waals surface area contributed by atoms with E-state index in [0.29, 0.717) is 13.2 Å². The molecule has 0 bridgehead atoms. The molecule has 0 radical (unpaired) electrons. The van der Waals surface area contributed by atoms with E-state index in [-0.39, 0.29) is 17.4 Å². The van der Waals surface area contributed by atoms with Crippen LogP contribution in [-0.2, 0) is 15.1 Å². The molecule has 1 heterocycles. The molecule has 0 spiro atoms. The molecule has 3 nitrogen and oxygen atoms in total. The van der Waals surface area contributed by atoms with E-state index in [9.17, 15) is 4.79 Å². The van der Waals surface area contributed by atoms with Gasteiger partial charge < -0.3 is 10.1 Å². The van der Waals surface area contributed by atoms with Crippen molar-refractivity contribution in [1.29, 1.82) is 0 Å². The summed E-state index contributed by atoms with van der Waals surface area (Å²) in [6.07, 6.45) is 3.78. The third kappa shape index (κ3) is 2.84. The average molecular weight is 324 g/mol. The lowest BCUT2D eigenvalue weighted by molar-refractivity contribution is -0.128. The summed E-state index contributed by atoms with van der Waals surface area (Å²) in [5, 5.41) is 3.27. The second-order valence-electron chi connectivity index (χ2n) is 5.47. The van der Waals surface area contributed by atoms with Gasteiger partial charge in [-0.05, 0) is 43.4 Å². The number of benzene rings is 1. The van der Waals surface area contributed by atoms with E-state index in [1.54, 1.807) is 0 Å². The van der Waals surface area contributed by atoms with Gasteiger partial charge in [-0.2, -0.15) is 0 Å². The van der Waals surface area contributed by atoms with Gasteiger partial charge in [-0.25, -0.2) is 0 Å². The highest BCUT2D eigenvalue weighted by Crippen LogP contribution is 2.46. The molecule has 1 aromatic rings. The van der Waals surface area contributed by atoms with E-state index in [1.165, 1.54) is 5.56 Å². The molecular weight excluding hydrogens is 306 g/mol. The molecule has 1 aromatic carbocycles. The quantitative estimate of drug-likeness (QED) is 0.928. The molecule has 1 aliphatic carbocycles. The van der Waals surface area contributed by atoms with Crippen molar-refractivity contribution in [3.05, 3.63) is 34.3 Å². The summed E-state index contributed by atoms with van der Waals surface area (Å²) >= 11 is 3.50. The minimum absolute atomic E-state index is 0.112. The molecule has 1 amide bonds. The van der Waals surface area contributed by atoms with Crippen molar-refractivity contribution in [2.24, 2.45) is 5.92 Å². The molecule has 0 unspecified atom stereocenters. The van der Waals surface area contributed by atoms with Crippen LogP contribution in [0.15, 0.2) is 28.7 Å². The number of ether oxygens (including phenoxy) is 1. The number of rotatable bonds is 3. The van der Waals surface area contributed by atoms with Crippen molar-refractivity contribution in [3.8, 4) is 0 Å². The fraction of sp³-hybridized carbons (Fsp3) is 0.533. The van der Waals surface area contributed by atoms with E-state index < -0.39 is 0 Å². The van der Waals surface area contributed by atoms with Crippen LogP contribution in [0.3, 0.4) is 0 Å². The van der Waals surface area contributed by atoms with Gasteiger partial charge in [0.25, 0.3) is 0 Å². The Kier molecular flexibility index (Phi) is 3.63. The minimum atomic E-state index is -0.112. The Balaban J connectivity index is 1.70.